The summed E-state index contributed by atoms with van der Waals surface area (Å²) in [6.07, 6.45) is 0.0208. The second-order valence-electron chi connectivity index (χ2n) is 4.79. The average molecular weight is 260 g/mol. The third-order valence-electron chi connectivity index (χ3n) is 2.26. The molecule has 0 aromatic heterocycles. The molecule has 0 radical (unpaired) electrons. The van der Waals surface area contributed by atoms with Gasteiger partial charge in [0, 0.05) is 5.92 Å². The van der Waals surface area contributed by atoms with Crippen molar-refractivity contribution in [3.8, 4) is 17.6 Å². The van der Waals surface area contributed by atoms with E-state index in [1.807, 2.05) is 27.7 Å². The van der Waals surface area contributed by atoms with Crippen LogP contribution >= 0.6 is 0 Å². The van der Waals surface area contributed by atoms with E-state index in [0.717, 1.165) is 5.56 Å². The third-order valence-corrected chi connectivity index (χ3v) is 2.26. The van der Waals surface area contributed by atoms with Gasteiger partial charge in [0.25, 0.3) is 0 Å². The highest BCUT2D eigenvalue weighted by Gasteiger charge is 2.11. The number of carbonyl (C=O) groups excluding carboxylic acids is 1. The average Bonchev–Trinajstić information content (AvgIpc) is 2.35. The van der Waals surface area contributed by atoms with E-state index in [0.29, 0.717) is 11.3 Å². The second-order valence-corrected chi connectivity index (χ2v) is 4.79. The van der Waals surface area contributed by atoms with Crippen molar-refractivity contribution in [1.82, 2.24) is 0 Å². The molecule has 0 spiro atoms. The Morgan fingerprint density at radius 3 is 2.42 bits per heavy atom. The van der Waals surface area contributed by atoms with Gasteiger partial charge in [-0.25, -0.2) is 4.79 Å². The third kappa shape index (κ3) is 4.67. The molecular formula is C16H20O3. The van der Waals surface area contributed by atoms with Crippen LogP contribution in [0.1, 0.15) is 43.6 Å². The molecule has 102 valence electrons. The molecule has 0 atom stereocenters. The molecule has 3 nitrogen and oxygen atoms in total. The summed E-state index contributed by atoms with van der Waals surface area (Å²) in [4.78, 5) is 11.5. The quantitative estimate of drug-likeness (QED) is 0.618. The summed E-state index contributed by atoms with van der Waals surface area (Å²) in [7, 11) is 1.36. The summed E-state index contributed by atoms with van der Waals surface area (Å²) in [6.45, 7) is 7.92. The van der Waals surface area contributed by atoms with Crippen LogP contribution in [0.5, 0.6) is 5.75 Å². The molecule has 1 rings (SSSR count). The Balaban J connectivity index is 3.17. The molecule has 0 N–H and O–H groups in total. The van der Waals surface area contributed by atoms with Crippen LogP contribution in [-0.4, -0.2) is 19.2 Å². The molecule has 0 amide bonds. The molecular weight excluding hydrogens is 240 g/mol. The fraction of sp³-hybridized carbons (Fsp3) is 0.438. The number of ether oxygens (including phenoxy) is 2. The number of esters is 1. The first-order valence-electron chi connectivity index (χ1n) is 6.34. The van der Waals surface area contributed by atoms with Crippen molar-refractivity contribution in [1.29, 1.82) is 0 Å². The number of methoxy groups -OCH3 is 1. The molecule has 0 saturated heterocycles. The van der Waals surface area contributed by atoms with Crippen molar-refractivity contribution >= 4 is 5.97 Å². The van der Waals surface area contributed by atoms with E-state index in [-0.39, 0.29) is 18.0 Å². The van der Waals surface area contributed by atoms with Crippen molar-refractivity contribution in [3.63, 3.8) is 0 Å². The molecule has 0 unspecified atom stereocenters. The van der Waals surface area contributed by atoms with Gasteiger partial charge in [-0.15, -0.1) is 0 Å². The fourth-order valence-corrected chi connectivity index (χ4v) is 1.44. The van der Waals surface area contributed by atoms with Crippen LogP contribution in [0, 0.1) is 17.8 Å². The molecule has 0 saturated carbocycles. The van der Waals surface area contributed by atoms with Crippen LogP contribution in [0.2, 0.25) is 0 Å². The summed E-state index contributed by atoms with van der Waals surface area (Å²) in [5.74, 6) is 6.69. The molecule has 0 heterocycles. The lowest BCUT2D eigenvalue weighted by molar-refractivity contribution is 0.0600. The Morgan fingerprint density at radius 1 is 1.21 bits per heavy atom. The highest BCUT2D eigenvalue weighted by atomic mass is 16.5. The summed E-state index contributed by atoms with van der Waals surface area (Å²) in [5, 5.41) is 0. The predicted octanol–water partition coefficient (Wildman–Crippen LogP) is 3.27. The van der Waals surface area contributed by atoms with E-state index < -0.39 is 0 Å². The number of rotatable bonds is 3. The van der Waals surface area contributed by atoms with Gasteiger partial charge >= 0.3 is 5.97 Å². The lowest BCUT2D eigenvalue weighted by Crippen LogP contribution is -2.09. The van der Waals surface area contributed by atoms with Crippen LogP contribution < -0.4 is 4.74 Å². The van der Waals surface area contributed by atoms with Gasteiger partial charge in [0.1, 0.15) is 5.75 Å². The van der Waals surface area contributed by atoms with Gasteiger partial charge < -0.3 is 9.47 Å². The Labute approximate surface area is 114 Å². The Bertz CT molecular complexity index is 504. The summed E-state index contributed by atoms with van der Waals surface area (Å²) < 4.78 is 10.4. The van der Waals surface area contributed by atoms with Crippen LogP contribution in [0.15, 0.2) is 18.2 Å². The van der Waals surface area contributed by atoms with Gasteiger partial charge in [0.15, 0.2) is 0 Å². The fourth-order valence-electron chi connectivity index (χ4n) is 1.44. The lowest BCUT2D eigenvalue weighted by Gasteiger charge is -2.12. The van der Waals surface area contributed by atoms with Crippen molar-refractivity contribution in [2.45, 2.75) is 33.8 Å². The summed E-state index contributed by atoms with van der Waals surface area (Å²) in [6, 6.07) is 5.17. The zero-order chi connectivity index (χ0) is 14.4. The monoisotopic (exact) mass is 260 g/mol. The van der Waals surface area contributed by atoms with Gasteiger partial charge in [-0.1, -0.05) is 25.7 Å². The SMILES string of the molecule is COC(=O)c1ccc(C#CC(C)C)c(OC(C)C)c1. The Morgan fingerprint density at radius 2 is 1.89 bits per heavy atom. The van der Waals surface area contributed by atoms with Crippen molar-refractivity contribution in [2.24, 2.45) is 5.92 Å². The van der Waals surface area contributed by atoms with E-state index in [1.165, 1.54) is 7.11 Å². The Kier molecular flexibility index (Phi) is 5.44. The molecule has 0 aliphatic carbocycles. The smallest absolute Gasteiger partial charge is 0.337 e. The highest BCUT2D eigenvalue weighted by Crippen LogP contribution is 2.21. The van der Waals surface area contributed by atoms with Crippen molar-refractivity contribution in [3.05, 3.63) is 29.3 Å². The van der Waals surface area contributed by atoms with Crippen molar-refractivity contribution in [2.75, 3.05) is 7.11 Å². The molecule has 1 aromatic rings. The minimum absolute atomic E-state index is 0.0208. The number of benzene rings is 1. The second kappa shape index (κ2) is 6.84. The van der Waals surface area contributed by atoms with E-state index in [4.69, 9.17) is 9.47 Å². The maximum Gasteiger partial charge on any atom is 0.337 e. The van der Waals surface area contributed by atoms with Gasteiger partial charge in [0.2, 0.25) is 0 Å². The summed E-state index contributed by atoms with van der Waals surface area (Å²) in [5.41, 5.74) is 1.25. The minimum Gasteiger partial charge on any atom is -0.490 e. The molecule has 3 heteroatoms. The van der Waals surface area contributed by atoms with E-state index in [1.54, 1.807) is 18.2 Å². The largest absolute Gasteiger partial charge is 0.490 e. The molecule has 0 fully saturated rings. The van der Waals surface area contributed by atoms with E-state index >= 15 is 0 Å². The molecule has 0 bridgehead atoms. The number of hydrogen-bond donors (Lipinski definition) is 0. The van der Waals surface area contributed by atoms with Crippen LogP contribution in [0.3, 0.4) is 0 Å². The zero-order valence-electron chi connectivity index (χ0n) is 12.1. The maximum atomic E-state index is 11.5. The minimum atomic E-state index is -0.378. The summed E-state index contributed by atoms with van der Waals surface area (Å²) >= 11 is 0. The van der Waals surface area contributed by atoms with Crippen LogP contribution in [0.25, 0.3) is 0 Å². The van der Waals surface area contributed by atoms with E-state index in [2.05, 4.69) is 11.8 Å². The zero-order valence-corrected chi connectivity index (χ0v) is 12.1. The predicted molar refractivity (Wildman–Crippen MR) is 75.3 cm³/mol. The van der Waals surface area contributed by atoms with Gasteiger partial charge in [-0.2, -0.15) is 0 Å². The first-order valence-corrected chi connectivity index (χ1v) is 6.34. The normalized spacial score (nSPS) is 10.1. The van der Waals surface area contributed by atoms with Crippen LogP contribution in [-0.2, 0) is 4.74 Å². The van der Waals surface area contributed by atoms with Crippen LogP contribution in [0.4, 0.5) is 0 Å². The maximum absolute atomic E-state index is 11.5. The highest BCUT2D eigenvalue weighted by molar-refractivity contribution is 5.90. The van der Waals surface area contributed by atoms with Gasteiger partial charge in [-0.05, 0) is 32.0 Å². The molecule has 0 aliphatic heterocycles. The van der Waals surface area contributed by atoms with Gasteiger partial charge in [-0.3, -0.25) is 0 Å². The number of hydrogen-bond acceptors (Lipinski definition) is 3. The van der Waals surface area contributed by atoms with E-state index in [9.17, 15) is 4.79 Å². The number of carbonyl (C=O) groups is 1. The first kappa shape index (κ1) is 15.1. The molecule has 1 aromatic carbocycles. The molecule has 19 heavy (non-hydrogen) atoms. The lowest BCUT2D eigenvalue weighted by atomic mass is 10.1. The first-order chi connectivity index (χ1) is 8.93. The topological polar surface area (TPSA) is 35.5 Å². The standard InChI is InChI=1S/C16H20O3/c1-11(2)6-7-13-8-9-14(16(17)18-5)10-15(13)19-12(3)4/h8-12H,1-5H3. The van der Waals surface area contributed by atoms with Gasteiger partial charge in [0.05, 0.1) is 24.3 Å². The Hall–Kier alpha value is -1.95. The molecule has 0 aliphatic rings. The van der Waals surface area contributed by atoms with Crippen molar-refractivity contribution < 1.29 is 14.3 Å².